The number of amides is 1. The summed E-state index contributed by atoms with van der Waals surface area (Å²) in [6.07, 6.45) is 5.94. The summed E-state index contributed by atoms with van der Waals surface area (Å²) >= 11 is 0. The number of pyridine rings is 1. The minimum atomic E-state index is -0.497. The summed E-state index contributed by atoms with van der Waals surface area (Å²) < 4.78 is 5.11. The molecule has 1 aliphatic rings. The second-order valence-electron chi connectivity index (χ2n) is 6.45. The van der Waals surface area contributed by atoms with Gasteiger partial charge in [-0.25, -0.2) is 0 Å². The van der Waals surface area contributed by atoms with Crippen LogP contribution in [0.1, 0.15) is 18.9 Å². The van der Waals surface area contributed by atoms with E-state index in [0.717, 1.165) is 41.7 Å². The molecule has 2 aromatic heterocycles. The van der Waals surface area contributed by atoms with Gasteiger partial charge in [0, 0.05) is 24.0 Å². The summed E-state index contributed by atoms with van der Waals surface area (Å²) in [6.45, 7) is 3.61. The van der Waals surface area contributed by atoms with Gasteiger partial charge >= 0.3 is 0 Å². The Morgan fingerprint density at radius 2 is 2.25 bits per heavy atom. The summed E-state index contributed by atoms with van der Waals surface area (Å²) in [4.78, 5) is 19.4. The van der Waals surface area contributed by atoms with Crippen molar-refractivity contribution in [2.75, 3.05) is 11.9 Å². The Morgan fingerprint density at radius 1 is 1.38 bits per heavy atom. The number of nitrogens with one attached hydrogen (secondary N) is 1. The number of carbonyl (C=O) groups is 1. The molecule has 1 N–H and O–H groups in total. The number of likely N-dealkylation sites (tertiary alicyclic amines) is 1. The first kappa shape index (κ1) is 14.9. The van der Waals surface area contributed by atoms with E-state index in [2.05, 4.69) is 15.2 Å². The molecule has 3 aromatic rings. The van der Waals surface area contributed by atoms with Crippen molar-refractivity contribution in [3.8, 4) is 0 Å². The van der Waals surface area contributed by atoms with Gasteiger partial charge in [-0.1, -0.05) is 18.2 Å². The van der Waals surface area contributed by atoms with Crippen LogP contribution in [0.25, 0.3) is 10.9 Å². The smallest absolute Gasteiger partial charge is 0.244 e. The Hall–Kier alpha value is -2.66. The van der Waals surface area contributed by atoms with Gasteiger partial charge in [-0.15, -0.1) is 0 Å². The van der Waals surface area contributed by atoms with E-state index in [-0.39, 0.29) is 5.91 Å². The van der Waals surface area contributed by atoms with Crippen molar-refractivity contribution >= 4 is 22.5 Å². The van der Waals surface area contributed by atoms with Crippen LogP contribution in [0.4, 0.5) is 5.69 Å². The molecule has 0 spiro atoms. The fraction of sp³-hybridized carbons (Fsp3) is 0.263. The zero-order valence-electron chi connectivity index (χ0n) is 13.5. The van der Waals surface area contributed by atoms with Crippen LogP contribution in [-0.2, 0) is 11.3 Å². The molecule has 0 aliphatic carbocycles. The van der Waals surface area contributed by atoms with E-state index in [4.69, 9.17) is 4.42 Å². The normalized spacial score (nSPS) is 20.7. The van der Waals surface area contributed by atoms with Gasteiger partial charge in [0.2, 0.25) is 5.91 Å². The summed E-state index contributed by atoms with van der Waals surface area (Å²) in [7, 11) is 0. The van der Waals surface area contributed by atoms with E-state index < -0.39 is 5.54 Å². The van der Waals surface area contributed by atoms with Gasteiger partial charge in [0.15, 0.2) is 0 Å². The van der Waals surface area contributed by atoms with Crippen molar-refractivity contribution in [1.82, 2.24) is 9.88 Å². The van der Waals surface area contributed by atoms with Crippen molar-refractivity contribution in [3.05, 3.63) is 60.7 Å². The van der Waals surface area contributed by atoms with Crippen molar-refractivity contribution in [2.24, 2.45) is 0 Å². The number of para-hydroxylation sites is 1. The van der Waals surface area contributed by atoms with Gasteiger partial charge in [-0.3, -0.25) is 14.7 Å². The van der Waals surface area contributed by atoms with Crippen molar-refractivity contribution < 1.29 is 9.21 Å². The number of benzene rings is 1. The molecular weight excluding hydrogens is 302 g/mol. The first-order chi connectivity index (χ1) is 11.6. The molecular formula is C19H19N3O2. The van der Waals surface area contributed by atoms with E-state index in [1.54, 1.807) is 18.7 Å². The molecule has 1 atom stereocenters. The average molecular weight is 321 g/mol. The Labute approximate surface area is 140 Å². The van der Waals surface area contributed by atoms with Crippen LogP contribution in [-0.4, -0.2) is 27.9 Å². The van der Waals surface area contributed by atoms with Crippen LogP contribution in [0, 0.1) is 0 Å². The molecule has 3 heterocycles. The van der Waals surface area contributed by atoms with E-state index in [1.165, 1.54) is 0 Å². The molecule has 5 nitrogen and oxygen atoms in total. The van der Waals surface area contributed by atoms with Crippen LogP contribution < -0.4 is 5.32 Å². The molecule has 24 heavy (non-hydrogen) atoms. The molecule has 1 aliphatic heterocycles. The van der Waals surface area contributed by atoms with Gasteiger partial charge in [0.25, 0.3) is 0 Å². The van der Waals surface area contributed by atoms with E-state index in [0.29, 0.717) is 0 Å². The van der Waals surface area contributed by atoms with Gasteiger partial charge in [0.1, 0.15) is 0 Å². The number of furan rings is 1. The van der Waals surface area contributed by atoms with E-state index in [9.17, 15) is 4.79 Å². The minimum Gasteiger partial charge on any atom is -0.472 e. The minimum absolute atomic E-state index is 0.00864. The van der Waals surface area contributed by atoms with Crippen LogP contribution in [0.15, 0.2) is 59.5 Å². The predicted molar refractivity (Wildman–Crippen MR) is 92.5 cm³/mol. The third kappa shape index (κ3) is 2.57. The van der Waals surface area contributed by atoms with E-state index in [1.807, 2.05) is 43.3 Å². The SMILES string of the molecule is CC1(C(=O)Nc2cnc3ccccc3c2)CCN1Cc1ccoc1. The van der Waals surface area contributed by atoms with Crippen LogP contribution in [0.5, 0.6) is 0 Å². The lowest BCUT2D eigenvalue weighted by atomic mass is 9.85. The highest BCUT2D eigenvalue weighted by molar-refractivity contribution is 5.99. The first-order valence-corrected chi connectivity index (χ1v) is 8.07. The fourth-order valence-electron chi connectivity index (χ4n) is 3.12. The lowest BCUT2D eigenvalue weighted by Crippen LogP contribution is -2.63. The molecule has 5 heteroatoms. The van der Waals surface area contributed by atoms with Crippen molar-refractivity contribution in [3.63, 3.8) is 0 Å². The van der Waals surface area contributed by atoms with Gasteiger partial charge in [-0.2, -0.15) is 0 Å². The standard InChI is InChI=1S/C19H19N3O2/c1-19(7-8-22(19)12-14-6-9-24-13-14)18(23)21-16-10-15-4-2-3-5-17(15)20-11-16/h2-6,9-11,13H,7-8,12H2,1H3,(H,21,23). The number of nitrogens with zero attached hydrogens (tertiary/aromatic N) is 2. The molecule has 1 saturated heterocycles. The molecule has 122 valence electrons. The highest BCUT2D eigenvalue weighted by Crippen LogP contribution is 2.33. The molecule has 0 saturated carbocycles. The summed E-state index contributed by atoms with van der Waals surface area (Å²) in [5.74, 6) is 0.00864. The Balaban J connectivity index is 1.50. The Morgan fingerprint density at radius 3 is 3.00 bits per heavy atom. The largest absolute Gasteiger partial charge is 0.472 e. The molecule has 1 unspecified atom stereocenters. The fourth-order valence-corrected chi connectivity index (χ4v) is 3.12. The zero-order valence-corrected chi connectivity index (χ0v) is 13.5. The highest BCUT2D eigenvalue weighted by atomic mass is 16.3. The van der Waals surface area contributed by atoms with Gasteiger partial charge in [-0.05, 0) is 31.5 Å². The number of hydrogen-bond donors (Lipinski definition) is 1. The topological polar surface area (TPSA) is 58.4 Å². The number of fused-ring (bicyclic) bond motifs is 1. The third-order valence-electron chi connectivity index (χ3n) is 4.86. The lowest BCUT2D eigenvalue weighted by Gasteiger charge is -2.49. The summed E-state index contributed by atoms with van der Waals surface area (Å²) in [5.41, 5.74) is 2.24. The molecule has 1 fully saturated rings. The van der Waals surface area contributed by atoms with Crippen LogP contribution >= 0.6 is 0 Å². The second kappa shape index (κ2) is 5.76. The number of anilines is 1. The van der Waals surface area contributed by atoms with Crippen molar-refractivity contribution in [1.29, 1.82) is 0 Å². The van der Waals surface area contributed by atoms with Crippen LogP contribution in [0.2, 0.25) is 0 Å². The maximum absolute atomic E-state index is 12.8. The molecule has 0 radical (unpaired) electrons. The molecule has 0 bridgehead atoms. The number of aromatic nitrogens is 1. The Kier molecular flexibility index (Phi) is 3.58. The second-order valence-corrected chi connectivity index (χ2v) is 6.45. The van der Waals surface area contributed by atoms with Crippen molar-refractivity contribution in [2.45, 2.75) is 25.4 Å². The quantitative estimate of drug-likeness (QED) is 0.800. The summed E-state index contributed by atoms with van der Waals surface area (Å²) in [6, 6.07) is 11.8. The number of rotatable bonds is 4. The maximum Gasteiger partial charge on any atom is 0.244 e. The molecule has 4 rings (SSSR count). The van der Waals surface area contributed by atoms with E-state index >= 15 is 0 Å². The zero-order chi connectivity index (χ0) is 16.6. The molecule has 1 amide bonds. The summed E-state index contributed by atoms with van der Waals surface area (Å²) in [5, 5.41) is 4.04. The average Bonchev–Trinajstić information content (AvgIpc) is 3.11. The van der Waals surface area contributed by atoms with Gasteiger partial charge < -0.3 is 9.73 Å². The van der Waals surface area contributed by atoms with Crippen LogP contribution in [0.3, 0.4) is 0 Å². The molecule has 1 aromatic carbocycles. The third-order valence-corrected chi connectivity index (χ3v) is 4.86. The maximum atomic E-state index is 12.8. The number of carbonyl (C=O) groups excluding carboxylic acids is 1. The first-order valence-electron chi connectivity index (χ1n) is 8.07. The highest BCUT2D eigenvalue weighted by Gasteiger charge is 2.46. The lowest BCUT2D eigenvalue weighted by molar-refractivity contribution is -0.136. The number of hydrogen-bond acceptors (Lipinski definition) is 4. The van der Waals surface area contributed by atoms with Gasteiger partial charge in [0.05, 0.1) is 35.5 Å². The Bertz CT molecular complexity index is 875. The predicted octanol–water partition coefficient (Wildman–Crippen LogP) is 3.43. The monoisotopic (exact) mass is 321 g/mol.